The van der Waals surface area contributed by atoms with Crippen molar-refractivity contribution in [3.05, 3.63) is 64.4 Å². The van der Waals surface area contributed by atoms with Crippen LogP contribution in [0.5, 0.6) is 0 Å². The summed E-state index contributed by atoms with van der Waals surface area (Å²) < 4.78 is -0.468. The number of hydrogen-bond donors (Lipinski definition) is 1. The summed E-state index contributed by atoms with van der Waals surface area (Å²) in [6, 6.07) is 9.07. The molecule has 0 spiro atoms. The Morgan fingerprint density at radius 1 is 1.26 bits per heavy atom. The van der Waals surface area contributed by atoms with Crippen LogP contribution in [0.15, 0.2) is 58.6 Å². The summed E-state index contributed by atoms with van der Waals surface area (Å²) in [6.07, 6.45) is 4.97. The molecule has 0 saturated heterocycles. The standard InChI is InChI=1S/C18H14ClN5OS2/c1-22-15-10-24(25)16(13-5-3-2-4-6-13)17(26-11-20)9-14(19)7-8-18(17,23-15)27-12-21/h2-9H,10H2,1H3,(H,22,23). The quantitative estimate of drug-likeness (QED) is 0.462. The van der Waals surface area contributed by atoms with Crippen LogP contribution in [0.1, 0.15) is 5.56 Å². The fourth-order valence-corrected chi connectivity index (χ4v) is 5.36. The van der Waals surface area contributed by atoms with Crippen molar-refractivity contribution in [2.75, 3.05) is 13.6 Å². The number of thiocyanates is 2. The second-order valence-electron chi connectivity index (χ2n) is 5.74. The number of hydroxylamine groups is 1. The van der Waals surface area contributed by atoms with Crippen LogP contribution in [0, 0.1) is 26.5 Å². The van der Waals surface area contributed by atoms with E-state index in [1.165, 1.54) is 0 Å². The van der Waals surface area contributed by atoms with Crippen LogP contribution in [-0.4, -0.2) is 39.5 Å². The van der Waals surface area contributed by atoms with E-state index in [4.69, 9.17) is 16.6 Å². The van der Waals surface area contributed by atoms with Gasteiger partial charge in [0.05, 0.1) is 0 Å². The monoisotopic (exact) mass is 415 g/mol. The first-order valence-electron chi connectivity index (χ1n) is 7.87. The van der Waals surface area contributed by atoms with E-state index in [2.05, 4.69) is 16.1 Å². The number of thioether (sulfide) groups is 2. The Bertz CT molecular complexity index is 960. The molecule has 9 heteroatoms. The van der Waals surface area contributed by atoms with Crippen molar-refractivity contribution in [2.45, 2.75) is 9.62 Å². The Morgan fingerprint density at radius 3 is 2.59 bits per heavy atom. The normalized spacial score (nSPS) is 26.8. The number of allylic oxidation sites excluding steroid dienone is 2. The average Bonchev–Trinajstić information content (AvgIpc) is 2.75. The van der Waals surface area contributed by atoms with Gasteiger partial charge in [-0.25, -0.2) is 4.99 Å². The first kappa shape index (κ1) is 19.4. The van der Waals surface area contributed by atoms with Crippen molar-refractivity contribution >= 4 is 46.7 Å². The Balaban J connectivity index is 2.43. The number of nitriles is 2. The van der Waals surface area contributed by atoms with Gasteiger partial charge in [0.25, 0.3) is 0 Å². The maximum Gasteiger partial charge on any atom is 0.219 e. The Morgan fingerprint density at radius 2 is 1.96 bits per heavy atom. The molecule has 1 aliphatic heterocycles. The van der Waals surface area contributed by atoms with Gasteiger partial charge in [-0.2, -0.15) is 15.3 Å². The highest BCUT2D eigenvalue weighted by atomic mass is 35.5. The molecule has 0 bridgehead atoms. The number of nitrogens with one attached hydrogen (secondary N) is 1. The first-order chi connectivity index (χ1) is 13.0. The number of hydrogen-bond acceptors (Lipinski definition) is 7. The lowest BCUT2D eigenvalue weighted by atomic mass is 9.85. The highest BCUT2D eigenvalue weighted by Crippen LogP contribution is 2.53. The number of rotatable bonds is 3. The maximum atomic E-state index is 13.2. The van der Waals surface area contributed by atoms with Gasteiger partial charge in [-0.05, 0) is 53.9 Å². The smallest absolute Gasteiger partial charge is 0.219 e. The molecule has 2 atom stereocenters. The largest absolute Gasteiger partial charge is 0.623 e. The van der Waals surface area contributed by atoms with Gasteiger partial charge in [0.15, 0.2) is 15.5 Å². The van der Waals surface area contributed by atoms with E-state index in [1.807, 2.05) is 18.2 Å². The van der Waals surface area contributed by atoms with Gasteiger partial charge in [-0.1, -0.05) is 29.8 Å². The van der Waals surface area contributed by atoms with Gasteiger partial charge in [0, 0.05) is 17.6 Å². The second kappa shape index (κ2) is 7.69. The van der Waals surface area contributed by atoms with E-state index in [0.717, 1.165) is 28.3 Å². The molecule has 0 fully saturated rings. The van der Waals surface area contributed by atoms with E-state index in [1.54, 1.807) is 37.4 Å². The van der Waals surface area contributed by atoms with Gasteiger partial charge in [-0.3, -0.25) is 0 Å². The fourth-order valence-electron chi connectivity index (χ4n) is 3.17. The molecule has 3 rings (SSSR count). The van der Waals surface area contributed by atoms with Gasteiger partial charge < -0.3 is 10.5 Å². The zero-order chi connectivity index (χ0) is 19.5. The van der Waals surface area contributed by atoms with Gasteiger partial charge in [0.2, 0.25) is 12.3 Å². The molecule has 1 aromatic rings. The van der Waals surface area contributed by atoms with Crippen molar-refractivity contribution in [1.82, 2.24) is 5.32 Å². The SMILES string of the molecule is CNC1=NC2(SC#N)C=CC(Cl)=CC2(SC#N)C(c2ccccc2)=[N+]([O-])C1. The summed E-state index contributed by atoms with van der Waals surface area (Å²) in [6.45, 7) is -0.0402. The number of fused-ring (bicyclic) bond motifs is 1. The summed E-state index contributed by atoms with van der Waals surface area (Å²) in [5.74, 6) is 0.415. The van der Waals surface area contributed by atoms with Crippen LogP contribution >= 0.6 is 35.1 Å². The fraction of sp³-hybridized carbons (Fsp3) is 0.222. The highest BCUT2D eigenvalue weighted by Gasteiger charge is 2.61. The molecular weight excluding hydrogens is 402 g/mol. The first-order valence-corrected chi connectivity index (χ1v) is 9.89. The van der Waals surface area contributed by atoms with Crippen LogP contribution in [0.25, 0.3) is 0 Å². The van der Waals surface area contributed by atoms with Crippen molar-refractivity contribution in [3.8, 4) is 10.8 Å². The van der Waals surface area contributed by atoms with Crippen LogP contribution < -0.4 is 5.32 Å². The third-order valence-corrected chi connectivity index (χ3v) is 6.63. The molecule has 0 saturated carbocycles. The third kappa shape index (κ3) is 3.21. The van der Waals surface area contributed by atoms with Crippen molar-refractivity contribution < 1.29 is 4.74 Å². The summed E-state index contributed by atoms with van der Waals surface area (Å²) in [7, 11) is 1.67. The van der Waals surface area contributed by atoms with Crippen molar-refractivity contribution in [1.29, 1.82) is 10.5 Å². The van der Waals surface area contributed by atoms with E-state index in [0.29, 0.717) is 22.1 Å². The van der Waals surface area contributed by atoms with Gasteiger partial charge in [-0.15, -0.1) is 0 Å². The molecule has 27 heavy (non-hydrogen) atoms. The number of amidine groups is 1. The lowest BCUT2D eigenvalue weighted by Crippen LogP contribution is -2.54. The predicted octanol–water partition coefficient (Wildman–Crippen LogP) is 3.17. The minimum absolute atomic E-state index is 0.0402. The molecule has 1 aromatic carbocycles. The Labute approximate surface area is 170 Å². The highest BCUT2D eigenvalue weighted by molar-refractivity contribution is 8.09. The molecule has 0 aromatic heterocycles. The molecule has 2 aliphatic rings. The third-order valence-electron chi connectivity index (χ3n) is 4.28. The predicted molar refractivity (Wildman–Crippen MR) is 110 cm³/mol. The Kier molecular flexibility index (Phi) is 5.52. The topological polar surface area (TPSA) is 98.0 Å². The zero-order valence-corrected chi connectivity index (χ0v) is 16.6. The molecule has 6 nitrogen and oxygen atoms in total. The molecule has 2 unspecified atom stereocenters. The molecule has 1 N–H and O–H groups in total. The summed E-state index contributed by atoms with van der Waals surface area (Å²) in [5.41, 5.74) is 0.968. The maximum absolute atomic E-state index is 13.2. The van der Waals surface area contributed by atoms with E-state index < -0.39 is 9.62 Å². The van der Waals surface area contributed by atoms with Crippen LogP contribution in [0.4, 0.5) is 0 Å². The molecule has 0 radical (unpaired) electrons. The Hall–Kier alpha value is -2.39. The average molecular weight is 416 g/mol. The molecule has 1 heterocycles. The minimum Gasteiger partial charge on any atom is -0.623 e. The summed E-state index contributed by atoms with van der Waals surface area (Å²) in [4.78, 5) is 3.48. The van der Waals surface area contributed by atoms with Gasteiger partial charge in [0.1, 0.15) is 10.8 Å². The van der Waals surface area contributed by atoms with Crippen molar-refractivity contribution in [3.63, 3.8) is 0 Å². The number of likely N-dealkylation sites (N-methyl/N-ethyl adjacent to an activating group) is 1. The van der Waals surface area contributed by atoms with E-state index in [-0.39, 0.29) is 6.54 Å². The van der Waals surface area contributed by atoms with Crippen LogP contribution in [0.3, 0.4) is 0 Å². The van der Waals surface area contributed by atoms with E-state index >= 15 is 0 Å². The van der Waals surface area contributed by atoms with Crippen LogP contribution in [0.2, 0.25) is 0 Å². The summed E-state index contributed by atoms with van der Waals surface area (Å²) in [5, 5.41) is 39.8. The van der Waals surface area contributed by atoms with Gasteiger partial charge >= 0.3 is 0 Å². The van der Waals surface area contributed by atoms with Crippen LogP contribution in [-0.2, 0) is 0 Å². The molecule has 0 amide bonds. The number of nitrogens with zero attached hydrogens (tertiary/aromatic N) is 4. The second-order valence-corrected chi connectivity index (χ2v) is 8.22. The van der Waals surface area contributed by atoms with Crippen molar-refractivity contribution in [2.24, 2.45) is 4.99 Å². The van der Waals surface area contributed by atoms with E-state index in [9.17, 15) is 15.7 Å². The number of benzene rings is 1. The summed E-state index contributed by atoms with van der Waals surface area (Å²) >= 11 is 8.06. The number of aliphatic imine (C=N–C) groups is 1. The molecular formula is C18H14ClN5OS2. The minimum atomic E-state index is -1.28. The number of halogens is 1. The molecule has 136 valence electrons. The lowest BCUT2D eigenvalue weighted by molar-refractivity contribution is -0.441. The molecule has 1 aliphatic carbocycles. The lowest BCUT2D eigenvalue weighted by Gasteiger charge is -2.40. The zero-order valence-electron chi connectivity index (χ0n) is 14.2.